The number of likely N-dealkylation sites (N-methyl/N-ethyl adjacent to an activating group) is 1. The predicted molar refractivity (Wildman–Crippen MR) is 74.6 cm³/mol. The summed E-state index contributed by atoms with van der Waals surface area (Å²) in [4.78, 5) is 15.8. The van der Waals surface area contributed by atoms with Crippen LogP contribution >= 0.6 is 0 Å². The molecule has 1 amide bonds. The Balaban J connectivity index is 2.81. The van der Waals surface area contributed by atoms with Crippen molar-refractivity contribution in [2.45, 2.75) is 33.0 Å². The van der Waals surface area contributed by atoms with E-state index in [0.717, 1.165) is 0 Å². The van der Waals surface area contributed by atoms with E-state index >= 15 is 0 Å². The second-order valence-electron chi connectivity index (χ2n) is 4.97. The Morgan fingerprint density at radius 2 is 2.10 bits per heavy atom. The second-order valence-corrected chi connectivity index (χ2v) is 4.97. The van der Waals surface area contributed by atoms with Crippen molar-refractivity contribution in [3.05, 3.63) is 11.8 Å². The molecule has 2 atom stereocenters. The highest BCUT2D eigenvalue weighted by molar-refractivity contribution is 5.97. The molecule has 0 bridgehead atoms. The van der Waals surface area contributed by atoms with Gasteiger partial charge in [0, 0.05) is 32.4 Å². The van der Waals surface area contributed by atoms with Gasteiger partial charge in [0.25, 0.3) is 5.91 Å². The van der Waals surface area contributed by atoms with Gasteiger partial charge >= 0.3 is 0 Å². The number of ether oxygens (including phenoxy) is 1. The van der Waals surface area contributed by atoms with Gasteiger partial charge in [0.05, 0.1) is 18.8 Å². The van der Waals surface area contributed by atoms with Crippen LogP contribution in [0.1, 0.15) is 20.8 Å². The van der Waals surface area contributed by atoms with Crippen LogP contribution in [0.15, 0.2) is 11.8 Å². The highest BCUT2D eigenvalue weighted by atomic mass is 16.5. The summed E-state index contributed by atoms with van der Waals surface area (Å²) in [5.74, 6) is -0.272. The molecule has 6 heteroatoms. The Kier molecular flexibility index (Phi) is 6.49. The van der Waals surface area contributed by atoms with E-state index in [0.29, 0.717) is 26.2 Å². The molecule has 1 aliphatic rings. The summed E-state index contributed by atoms with van der Waals surface area (Å²) < 4.78 is 5.58. The summed E-state index contributed by atoms with van der Waals surface area (Å²) in [5, 5.41) is 18.1. The van der Waals surface area contributed by atoms with Crippen LogP contribution in [0.2, 0.25) is 0 Å². The minimum Gasteiger partial charge on any atom is -0.395 e. The molecule has 0 radical (unpaired) electrons. The van der Waals surface area contributed by atoms with Gasteiger partial charge in [0.1, 0.15) is 11.6 Å². The summed E-state index contributed by atoms with van der Waals surface area (Å²) in [6.07, 6.45) is 1.48. The average molecular weight is 281 g/mol. The molecule has 0 aliphatic carbocycles. The standard InChI is InChI=1S/C14H23N3O3/c1-4-16(5-6-18)10-13(7-15)14(19)17-8-11(2)20-12(3)9-17/h10-12,18H,4-6,8-9H2,1-3H3/b13-10-. The van der Waals surface area contributed by atoms with Crippen molar-refractivity contribution in [3.63, 3.8) is 0 Å². The predicted octanol–water partition coefficient (Wildman–Crippen LogP) is 0.344. The Labute approximate surface area is 120 Å². The first-order valence-corrected chi connectivity index (χ1v) is 6.93. The van der Waals surface area contributed by atoms with Gasteiger partial charge in [-0.1, -0.05) is 0 Å². The number of morpholine rings is 1. The normalized spacial score (nSPS) is 23.4. The fraction of sp³-hybridized carbons (Fsp3) is 0.714. The molecule has 0 aromatic heterocycles. The maximum atomic E-state index is 12.4. The van der Waals surface area contributed by atoms with Crippen molar-refractivity contribution < 1.29 is 14.6 Å². The van der Waals surface area contributed by atoms with Gasteiger partial charge in [-0.2, -0.15) is 5.26 Å². The molecule has 1 saturated heterocycles. The zero-order valence-corrected chi connectivity index (χ0v) is 12.4. The van der Waals surface area contributed by atoms with Crippen molar-refractivity contribution in [2.75, 3.05) is 32.8 Å². The number of aliphatic hydroxyl groups excluding tert-OH is 1. The van der Waals surface area contributed by atoms with E-state index in [9.17, 15) is 10.1 Å². The molecule has 1 fully saturated rings. The lowest BCUT2D eigenvalue weighted by atomic mass is 10.2. The van der Waals surface area contributed by atoms with Crippen LogP contribution in [0.5, 0.6) is 0 Å². The van der Waals surface area contributed by atoms with Crippen molar-refractivity contribution in [2.24, 2.45) is 0 Å². The summed E-state index contributed by atoms with van der Waals surface area (Å²) in [6, 6.07) is 1.96. The number of carbonyl (C=O) groups is 1. The highest BCUT2D eigenvalue weighted by Gasteiger charge is 2.28. The lowest BCUT2D eigenvalue weighted by molar-refractivity contribution is -0.138. The zero-order valence-electron chi connectivity index (χ0n) is 12.4. The van der Waals surface area contributed by atoms with E-state index in [1.165, 1.54) is 6.20 Å². The minimum atomic E-state index is -0.272. The van der Waals surface area contributed by atoms with E-state index in [1.807, 2.05) is 26.8 Å². The summed E-state index contributed by atoms with van der Waals surface area (Å²) in [5.41, 5.74) is 0.0987. The Hall–Kier alpha value is -1.58. The number of carbonyl (C=O) groups excluding carboxylic acids is 1. The summed E-state index contributed by atoms with van der Waals surface area (Å²) >= 11 is 0. The fourth-order valence-electron chi connectivity index (χ4n) is 2.27. The van der Waals surface area contributed by atoms with E-state index < -0.39 is 0 Å². The van der Waals surface area contributed by atoms with Gasteiger partial charge in [0.2, 0.25) is 0 Å². The third-order valence-corrected chi connectivity index (χ3v) is 3.16. The molecular formula is C14H23N3O3. The number of nitriles is 1. The van der Waals surface area contributed by atoms with Crippen LogP contribution in [0, 0.1) is 11.3 Å². The van der Waals surface area contributed by atoms with Crippen LogP contribution in [-0.2, 0) is 9.53 Å². The van der Waals surface area contributed by atoms with Crippen LogP contribution in [0.3, 0.4) is 0 Å². The zero-order chi connectivity index (χ0) is 15.1. The average Bonchev–Trinajstić information content (AvgIpc) is 2.41. The van der Waals surface area contributed by atoms with Gasteiger partial charge in [0.15, 0.2) is 0 Å². The molecule has 112 valence electrons. The number of hydrogen-bond acceptors (Lipinski definition) is 5. The third kappa shape index (κ3) is 4.51. The molecule has 6 nitrogen and oxygen atoms in total. The topological polar surface area (TPSA) is 76.8 Å². The maximum absolute atomic E-state index is 12.4. The van der Waals surface area contributed by atoms with Gasteiger partial charge in [-0.05, 0) is 20.8 Å². The van der Waals surface area contributed by atoms with E-state index in [-0.39, 0.29) is 30.3 Å². The summed E-state index contributed by atoms with van der Waals surface area (Å²) in [6.45, 7) is 7.75. The quantitative estimate of drug-likeness (QED) is 0.581. The molecule has 0 aromatic carbocycles. The van der Waals surface area contributed by atoms with Crippen molar-refractivity contribution in [3.8, 4) is 6.07 Å². The molecule has 1 aliphatic heterocycles. The molecule has 1 heterocycles. The van der Waals surface area contributed by atoms with Crippen molar-refractivity contribution in [1.29, 1.82) is 5.26 Å². The highest BCUT2D eigenvalue weighted by Crippen LogP contribution is 2.13. The van der Waals surface area contributed by atoms with Gasteiger partial charge in [-0.3, -0.25) is 4.79 Å². The van der Waals surface area contributed by atoms with Gasteiger partial charge < -0.3 is 19.6 Å². The Morgan fingerprint density at radius 3 is 2.55 bits per heavy atom. The molecule has 0 aromatic rings. The minimum absolute atomic E-state index is 0.0111. The molecule has 20 heavy (non-hydrogen) atoms. The molecule has 0 spiro atoms. The number of rotatable bonds is 5. The van der Waals surface area contributed by atoms with E-state index in [2.05, 4.69) is 0 Å². The SMILES string of the molecule is CCN(/C=C(/C#N)C(=O)N1CC(C)OC(C)C1)CCO. The van der Waals surface area contributed by atoms with E-state index in [1.54, 1.807) is 9.80 Å². The molecular weight excluding hydrogens is 258 g/mol. The van der Waals surface area contributed by atoms with Crippen LogP contribution in [0.25, 0.3) is 0 Å². The Morgan fingerprint density at radius 1 is 1.50 bits per heavy atom. The van der Waals surface area contributed by atoms with Crippen LogP contribution in [0.4, 0.5) is 0 Å². The summed E-state index contributed by atoms with van der Waals surface area (Å²) in [7, 11) is 0. The monoisotopic (exact) mass is 281 g/mol. The number of aliphatic hydroxyl groups is 1. The van der Waals surface area contributed by atoms with Gasteiger partial charge in [-0.25, -0.2) is 0 Å². The lowest BCUT2D eigenvalue weighted by Gasteiger charge is -2.35. The molecule has 1 N–H and O–H groups in total. The van der Waals surface area contributed by atoms with E-state index in [4.69, 9.17) is 9.84 Å². The molecule has 1 rings (SSSR count). The first-order chi connectivity index (χ1) is 9.51. The Bertz CT molecular complexity index is 393. The smallest absolute Gasteiger partial charge is 0.266 e. The largest absolute Gasteiger partial charge is 0.395 e. The first-order valence-electron chi connectivity index (χ1n) is 6.93. The van der Waals surface area contributed by atoms with Crippen LogP contribution < -0.4 is 0 Å². The number of amides is 1. The van der Waals surface area contributed by atoms with Crippen LogP contribution in [-0.4, -0.2) is 65.8 Å². The lowest BCUT2D eigenvalue weighted by Crippen LogP contribution is -2.48. The second kappa shape index (κ2) is 7.88. The van der Waals surface area contributed by atoms with Crippen molar-refractivity contribution in [1.82, 2.24) is 9.80 Å². The number of nitrogens with zero attached hydrogens (tertiary/aromatic N) is 3. The fourth-order valence-corrected chi connectivity index (χ4v) is 2.27. The third-order valence-electron chi connectivity index (χ3n) is 3.16. The molecule has 0 saturated carbocycles. The maximum Gasteiger partial charge on any atom is 0.266 e. The van der Waals surface area contributed by atoms with Crippen molar-refractivity contribution >= 4 is 5.91 Å². The molecule has 2 unspecified atom stereocenters. The van der Waals surface area contributed by atoms with Gasteiger partial charge in [-0.15, -0.1) is 0 Å². The first kappa shape index (κ1) is 16.5. The number of hydrogen-bond donors (Lipinski definition) is 1.